The molecule has 2 aromatic carbocycles. The Kier molecular flexibility index (Phi) is 12.1. The molecule has 0 saturated carbocycles. The van der Waals surface area contributed by atoms with Gasteiger partial charge in [0.1, 0.15) is 23.6 Å². The van der Waals surface area contributed by atoms with Crippen LogP contribution in [0.2, 0.25) is 0 Å². The SMILES string of the molecule is Cc1cc(C(N=Nc2ccccc2)C2C=C(C(C)(C)C)C(=O)C(C(C)(C)C)=C2)oc1-c1oc(C(N=Nc2ccccc2)C2C=C(C(C)(C)C)C(=O)C(C(C)(C)C)=C2)cc1C. The van der Waals surface area contributed by atoms with Gasteiger partial charge in [-0.05, 0) is 83.0 Å². The van der Waals surface area contributed by atoms with Crippen LogP contribution in [0.5, 0.6) is 0 Å². The highest BCUT2D eigenvalue weighted by Gasteiger charge is 2.40. The topological polar surface area (TPSA) is 110 Å². The molecule has 2 aromatic heterocycles. The lowest BCUT2D eigenvalue weighted by Crippen LogP contribution is -2.30. The van der Waals surface area contributed by atoms with Crippen molar-refractivity contribution in [1.29, 1.82) is 0 Å². The standard InChI is InChI=1S/C52H62N4O4/c1-31-25-41(43(55-53-35-21-17-15-18-22-35)33-27-37(49(3,4)5)45(57)38(28-33)50(6,7)8)59-47(31)48-32(2)26-42(60-48)44(56-54-36-23-19-16-20-24-36)34-29-39(51(9,10)11)46(58)40(30-34)52(12,13)14/h15-30,33-34,43-44H,1-14H3. The van der Waals surface area contributed by atoms with Crippen LogP contribution < -0.4 is 0 Å². The summed E-state index contributed by atoms with van der Waals surface area (Å²) < 4.78 is 13.7. The van der Waals surface area contributed by atoms with E-state index in [1.165, 1.54) is 0 Å². The van der Waals surface area contributed by atoms with Crippen molar-refractivity contribution in [1.82, 2.24) is 0 Å². The predicted molar refractivity (Wildman–Crippen MR) is 240 cm³/mol. The van der Waals surface area contributed by atoms with E-state index in [0.29, 0.717) is 23.0 Å². The van der Waals surface area contributed by atoms with E-state index in [0.717, 1.165) is 44.8 Å². The Bertz CT molecular complexity index is 2190. The number of rotatable bonds is 9. The maximum Gasteiger partial charge on any atom is 0.185 e. The Labute approximate surface area is 356 Å². The number of carbonyl (C=O) groups excluding carboxylic acids is 2. The summed E-state index contributed by atoms with van der Waals surface area (Å²) in [7, 11) is 0. The predicted octanol–water partition coefficient (Wildman–Crippen LogP) is 15.1. The lowest BCUT2D eigenvalue weighted by Gasteiger charge is -2.34. The number of aryl methyl sites for hydroxylation is 2. The first-order valence-electron chi connectivity index (χ1n) is 21.0. The first-order chi connectivity index (χ1) is 27.9. The second-order valence-electron chi connectivity index (χ2n) is 20.4. The molecule has 2 heterocycles. The van der Waals surface area contributed by atoms with E-state index in [1.54, 1.807) is 0 Å². The van der Waals surface area contributed by atoms with Crippen LogP contribution in [0.1, 0.15) is 118 Å². The van der Waals surface area contributed by atoms with E-state index >= 15 is 0 Å². The maximum atomic E-state index is 14.0. The summed E-state index contributed by atoms with van der Waals surface area (Å²) in [6.07, 6.45) is 8.21. The van der Waals surface area contributed by atoms with Gasteiger partial charge < -0.3 is 8.83 Å². The van der Waals surface area contributed by atoms with Crippen molar-refractivity contribution in [2.45, 2.75) is 109 Å². The van der Waals surface area contributed by atoms with E-state index in [9.17, 15) is 9.59 Å². The Morgan fingerprint density at radius 1 is 0.467 bits per heavy atom. The molecule has 314 valence electrons. The van der Waals surface area contributed by atoms with Gasteiger partial charge in [0.15, 0.2) is 23.1 Å². The van der Waals surface area contributed by atoms with Gasteiger partial charge in [0.25, 0.3) is 0 Å². The third kappa shape index (κ3) is 9.59. The molecular formula is C52H62N4O4. The smallest absolute Gasteiger partial charge is 0.185 e. The molecule has 0 aliphatic heterocycles. The number of nitrogens with zero attached hydrogens (tertiary/aromatic N) is 4. The van der Waals surface area contributed by atoms with Gasteiger partial charge in [-0.15, -0.1) is 0 Å². The molecular weight excluding hydrogens is 745 g/mol. The Balaban J connectivity index is 1.49. The van der Waals surface area contributed by atoms with Gasteiger partial charge in [-0.1, -0.05) is 144 Å². The average molecular weight is 807 g/mol. The molecule has 0 fully saturated rings. The molecule has 4 aromatic rings. The summed E-state index contributed by atoms with van der Waals surface area (Å²) in [6.45, 7) is 28.9. The molecule has 2 atom stereocenters. The number of azo groups is 2. The van der Waals surface area contributed by atoms with E-state index < -0.39 is 33.7 Å². The van der Waals surface area contributed by atoms with Crippen molar-refractivity contribution in [3.8, 4) is 11.5 Å². The van der Waals surface area contributed by atoms with Crippen LogP contribution in [0, 0.1) is 47.3 Å². The second kappa shape index (κ2) is 16.5. The number of Topliss-reactive ketones (excluding diaryl/α,β-unsaturated/α-hetero) is 2. The van der Waals surface area contributed by atoms with Gasteiger partial charge in [0, 0.05) is 34.1 Å². The normalized spacial score (nSPS) is 17.6. The highest BCUT2D eigenvalue weighted by Crippen LogP contribution is 2.47. The van der Waals surface area contributed by atoms with E-state index in [2.05, 4.69) is 107 Å². The fraction of sp³-hybridized carbons (Fsp3) is 0.423. The molecule has 8 heteroatoms. The van der Waals surface area contributed by atoms with Gasteiger partial charge >= 0.3 is 0 Å². The van der Waals surface area contributed by atoms with E-state index in [4.69, 9.17) is 29.3 Å². The molecule has 8 nitrogen and oxygen atoms in total. The van der Waals surface area contributed by atoms with Gasteiger partial charge in [-0.2, -0.15) is 20.5 Å². The highest BCUT2D eigenvalue weighted by molar-refractivity contribution is 6.11. The molecule has 2 aliphatic rings. The van der Waals surface area contributed by atoms with Crippen molar-refractivity contribution in [3.63, 3.8) is 0 Å². The Morgan fingerprint density at radius 2 is 0.750 bits per heavy atom. The molecule has 0 amide bonds. The zero-order chi connectivity index (χ0) is 43.9. The number of allylic oxidation sites excluding steroid dienone is 4. The number of ketones is 2. The average Bonchev–Trinajstić information content (AvgIpc) is 3.72. The molecule has 2 aliphatic carbocycles. The third-order valence-corrected chi connectivity index (χ3v) is 11.1. The summed E-state index contributed by atoms with van der Waals surface area (Å²) >= 11 is 0. The molecule has 0 saturated heterocycles. The van der Waals surface area contributed by atoms with Gasteiger partial charge in [0.05, 0.1) is 11.4 Å². The Morgan fingerprint density at radius 3 is 1.02 bits per heavy atom. The number of carbonyl (C=O) groups is 2. The van der Waals surface area contributed by atoms with Crippen molar-refractivity contribution in [3.05, 3.63) is 142 Å². The van der Waals surface area contributed by atoms with Crippen molar-refractivity contribution in [2.75, 3.05) is 0 Å². The minimum Gasteiger partial charge on any atom is -0.455 e. The summed E-state index contributed by atoms with van der Waals surface area (Å²) in [5.41, 5.74) is 4.63. The molecule has 0 radical (unpaired) electrons. The van der Waals surface area contributed by atoms with Crippen LogP contribution in [-0.2, 0) is 9.59 Å². The van der Waals surface area contributed by atoms with Gasteiger partial charge in [-0.25, -0.2) is 0 Å². The molecule has 2 unspecified atom stereocenters. The molecule has 0 spiro atoms. The molecule has 0 N–H and O–H groups in total. The van der Waals surface area contributed by atoms with Gasteiger partial charge in [-0.3, -0.25) is 9.59 Å². The first kappa shape index (κ1) is 44.1. The van der Waals surface area contributed by atoms with Crippen LogP contribution >= 0.6 is 0 Å². The van der Waals surface area contributed by atoms with Gasteiger partial charge in [0.2, 0.25) is 0 Å². The summed E-state index contributed by atoms with van der Waals surface area (Å²) in [5.74, 6) is 1.88. The number of hydrogen-bond donors (Lipinski definition) is 0. The minimum atomic E-state index is -0.579. The van der Waals surface area contributed by atoms with Crippen molar-refractivity contribution < 1.29 is 18.4 Å². The van der Waals surface area contributed by atoms with Crippen LogP contribution in [0.15, 0.2) is 149 Å². The van der Waals surface area contributed by atoms with Crippen LogP contribution in [0.3, 0.4) is 0 Å². The quantitative estimate of drug-likeness (QED) is 0.157. The zero-order valence-corrected chi connectivity index (χ0v) is 38.0. The largest absolute Gasteiger partial charge is 0.455 e. The fourth-order valence-corrected chi connectivity index (χ4v) is 7.84. The van der Waals surface area contributed by atoms with E-state index in [-0.39, 0.29) is 23.4 Å². The maximum absolute atomic E-state index is 14.0. The minimum absolute atomic E-state index is 0.0651. The van der Waals surface area contributed by atoms with Crippen LogP contribution in [-0.4, -0.2) is 11.6 Å². The van der Waals surface area contributed by atoms with Crippen molar-refractivity contribution >= 4 is 22.9 Å². The van der Waals surface area contributed by atoms with Crippen LogP contribution in [0.4, 0.5) is 11.4 Å². The third-order valence-electron chi connectivity index (χ3n) is 11.1. The lowest BCUT2D eigenvalue weighted by molar-refractivity contribution is -0.115. The Hall–Kier alpha value is -5.50. The number of benzene rings is 2. The number of hydrogen-bond acceptors (Lipinski definition) is 8. The summed E-state index contributed by atoms with van der Waals surface area (Å²) in [6, 6.07) is 22.1. The summed E-state index contributed by atoms with van der Waals surface area (Å²) in [5, 5.41) is 19.3. The van der Waals surface area contributed by atoms with Crippen molar-refractivity contribution in [2.24, 2.45) is 54.0 Å². The first-order valence-corrected chi connectivity index (χ1v) is 21.0. The molecule has 6 rings (SSSR count). The van der Waals surface area contributed by atoms with Crippen LogP contribution in [0.25, 0.3) is 11.5 Å². The second-order valence-corrected chi connectivity index (χ2v) is 20.4. The monoisotopic (exact) mass is 806 g/mol. The zero-order valence-electron chi connectivity index (χ0n) is 38.0. The summed E-state index contributed by atoms with van der Waals surface area (Å²) in [4.78, 5) is 27.9. The number of furan rings is 2. The fourth-order valence-electron chi connectivity index (χ4n) is 7.84. The lowest BCUT2D eigenvalue weighted by atomic mass is 9.69. The molecule has 60 heavy (non-hydrogen) atoms. The van der Waals surface area contributed by atoms with E-state index in [1.807, 2.05) is 86.6 Å². The highest BCUT2D eigenvalue weighted by atomic mass is 16.4. The molecule has 0 bridgehead atoms.